The molecule has 6 rings (SSSR count). The van der Waals surface area contributed by atoms with Crippen molar-refractivity contribution in [2.45, 2.75) is 52.4 Å². The highest BCUT2D eigenvalue weighted by Crippen LogP contribution is 2.35. The normalized spacial score (nSPS) is 13.6. The monoisotopic (exact) mass is 518 g/mol. The fourth-order valence-electron chi connectivity index (χ4n) is 5.44. The maximum atomic E-state index is 12.1. The molecule has 0 atom stereocenters. The van der Waals surface area contributed by atoms with Crippen LogP contribution < -0.4 is 0 Å². The standard InChI is InChI=1S/2C14H17N3O2/c1-3-19-14(18)10-7-15-11-6-4-5-9-8-17(2)16-13(9)12(10)11;1-3-19-14(18)10-8-15-11-6-4-5-9-7-16-17(2)13(9)12(10)11/h2*7-8,15H,3-6H2,1-2H3. The highest BCUT2D eigenvalue weighted by molar-refractivity contribution is 5.99. The number of esters is 2. The predicted molar refractivity (Wildman–Crippen MR) is 142 cm³/mol. The van der Waals surface area contributed by atoms with Crippen LogP contribution in [-0.4, -0.2) is 54.7 Å². The average Bonchev–Trinajstić information content (AvgIpc) is 3.62. The third kappa shape index (κ3) is 4.66. The van der Waals surface area contributed by atoms with Gasteiger partial charge in [-0.3, -0.25) is 9.36 Å². The zero-order valence-corrected chi connectivity index (χ0v) is 22.4. The van der Waals surface area contributed by atoms with Crippen molar-refractivity contribution in [2.75, 3.05) is 13.2 Å². The molecule has 2 N–H and O–H groups in total. The summed E-state index contributed by atoms with van der Waals surface area (Å²) in [7, 11) is 3.82. The molecule has 0 saturated carbocycles. The first-order chi connectivity index (χ1) is 18.4. The number of rotatable bonds is 4. The molecule has 2 aliphatic carbocycles. The maximum Gasteiger partial charge on any atom is 0.340 e. The third-order valence-electron chi connectivity index (χ3n) is 7.05. The van der Waals surface area contributed by atoms with Gasteiger partial charge in [-0.1, -0.05) is 0 Å². The lowest BCUT2D eigenvalue weighted by molar-refractivity contribution is 0.0517. The van der Waals surface area contributed by atoms with E-state index in [0.717, 1.165) is 72.4 Å². The summed E-state index contributed by atoms with van der Waals surface area (Å²) in [5, 5.41) is 8.83. The van der Waals surface area contributed by atoms with Crippen LogP contribution in [0.5, 0.6) is 0 Å². The van der Waals surface area contributed by atoms with Crippen molar-refractivity contribution in [3.63, 3.8) is 0 Å². The van der Waals surface area contributed by atoms with E-state index >= 15 is 0 Å². The molecule has 0 aliphatic heterocycles. The largest absolute Gasteiger partial charge is 0.462 e. The van der Waals surface area contributed by atoms with Gasteiger partial charge in [0.05, 0.1) is 41.9 Å². The van der Waals surface area contributed by atoms with Crippen molar-refractivity contribution in [2.24, 2.45) is 14.1 Å². The lowest BCUT2D eigenvalue weighted by Crippen LogP contribution is -2.06. The van der Waals surface area contributed by atoms with Gasteiger partial charge in [0.15, 0.2) is 0 Å². The summed E-state index contributed by atoms with van der Waals surface area (Å²) in [6, 6.07) is 0. The first-order valence-corrected chi connectivity index (χ1v) is 13.2. The number of hydrogen-bond donors (Lipinski definition) is 2. The Morgan fingerprint density at radius 2 is 1.45 bits per heavy atom. The van der Waals surface area contributed by atoms with Gasteiger partial charge in [-0.2, -0.15) is 10.2 Å². The Labute approximate surface area is 221 Å². The minimum Gasteiger partial charge on any atom is -0.462 e. The van der Waals surface area contributed by atoms with Gasteiger partial charge in [-0.15, -0.1) is 0 Å². The molecule has 0 fully saturated rings. The molecular weight excluding hydrogens is 484 g/mol. The minimum atomic E-state index is -0.279. The first kappa shape index (κ1) is 25.6. The summed E-state index contributed by atoms with van der Waals surface area (Å²) in [4.78, 5) is 30.5. The van der Waals surface area contributed by atoms with E-state index in [9.17, 15) is 9.59 Å². The topological polar surface area (TPSA) is 120 Å². The number of carbonyl (C=O) groups excluding carboxylic acids is 2. The van der Waals surface area contributed by atoms with E-state index in [1.54, 1.807) is 12.4 Å². The molecule has 0 saturated heterocycles. The molecule has 2 aliphatic rings. The molecule has 4 aromatic rings. The van der Waals surface area contributed by atoms with Crippen LogP contribution in [-0.2, 0) is 49.3 Å². The van der Waals surface area contributed by atoms with Crippen LogP contribution in [0.15, 0.2) is 24.8 Å². The zero-order chi connectivity index (χ0) is 26.8. The molecule has 0 spiro atoms. The number of fused-ring (bicyclic) bond motifs is 6. The number of nitrogens with one attached hydrogen (secondary N) is 2. The van der Waals surface area contributed by atoms with Crippen molar-refractivity contribution in [1.29, 1.82) is 0 Å². The second kappa shape index (κ2) is 10.7. The summed E-state index contributed by atoms with van der Waals surface area (Å²) >= 11 is 0. The van der Waals surface area contributed by atoms with Crippen LogP contribution in [0.4, 0.5) is 0 Å². The van der Waals surface area contributed by atoms with E-state index in [-0.39, 0.29) is 11.9 Å². The van der Waals surface area contributed by atoms with Crippen molar-refractivity contribution >= 4 is 11.9 Å². The fraction of sp³-hybridized carbons (Fsp3) is 0.429. The Balaban J connectivity index is 0.000000155. The van der Waals surface area contributed by atoms with E-state index in [4.69, 9.17) is 9.47 Å². The third-order valence-corrected chi connectivity index (χ3v) is 7.05. The summed E-state index contributed by atoms with van der Waals surface area (Å²) in [6.07, 6.45) is 13.4. The molecular formula is C28H34N6O4. The van der Waals surface area contributed by atoms with Crippen molar-refractivity contribution in [3.05, 3.63) is 58.4 Å². The average molecular weight is 519 g/mol. The van der Waals surface area contributed by atoms with Gasteiger partial charge in [0.25, 0.3) is 0 Å². The van der Waals surface area contributed by atoms with Gasteiger partial charge in [0.1, 0.15) is 0 Å². The first-order valence-electron chi connectivity index (χ1n) is 13.2. The van der Waals surface area contributed by atoms with Crippen LogP contribution in [0.3, 0.4) is 0 Å². The molecule has 4 heterocycles. The number of carbonyl (C=O) groups is 2. The van der Waals surface area contributed by atoms with E-state index in [0.29, 0.717) is 24.3 Å². The fourth-order valence-corrected chi connectivity index (χ4v) is 5.44. The molecule has 200 valence electrons. The number of aromatic amines is 2. The number of hydrogen-bond acceptors (Lipinski definition) is 6. The number of nitrogens with zero attached hydrogens (tertiary/aromatic N) is 4. The summed E-state index contributed by atoms with van der Waals surface area (Å²) in [5.74, 6) is -0.549. The highest BCUT2D eigenvalue weighted by atomic mass is 16.5. The predicted octanol–water partition coefficient (Wildman–Crippen LogP) is 4.16. The van der Waals surface area contributed by atoms with Crippen LogP contribution in [0.1, 0.15) is 69.9 Å². The van der Waals surface area contributed by atoms with E-state index < -0.39 is 0 Å². The summed E-state index contributed by atoms with van der Waals surface area (Å²) in [6.45, 7) is 4.40. The Hall–Kier alpha value is -4.08. The zero-order valence-electron chi connectivity index (χ0n) is 22.4. The second-order valence-corrected chi connectivity index (χ2v) is 9.58. The Morgan fingerprint density at radius 3 is 2.08 bits per heavy atom. The smallest absolute Gasteiger partial charge is 0.340 e. The quantitative estimate of drug-likeness (QED) is 0.392. The van der Waals surface area contributed by atoms with Crippen LogP contribution >= 0.6 is 0 Å². The van der Waals surface area contributed by atoms with E-state index in [1.165, 1.54) is 11.1 Å². The number of H-pyrrole nitrogens is 2. The van der Waals surface area contributed by atoms with Gasteiger partial charge >= 0.3 is 11.9 Å². The van der Waals surface area contributed by atoms with Gasteiger partial charge in [0, 0.05) is 55.2 Å². The van der Waals surface area contributed by atoms with Gasteiger partial charge in [0.2, 0.25) is 0 Å². The van der Waals surface area contributed by atoms with Crippen LogP contribution in [0.2, 0.25) is 0 Å². The molecule has 0 amide bonds. The van der Waals surface area contributed by atoms with Gasteiger partial charge in [-0.25, -0.2) is 9.59 Å². The van der Waals surface area contributed by atoms with E-state index in [2.05, 4.69) is 20.2 Å². The Bertz CT molecular complexity index is 1470. The molecule has 38 heavy (non-hydrogen) atoms. The van der Waals surface area contributed by atoms with E-state index in [1.807, 2.05) is 49.7 Å². The molecule has 0 aromatic carbocycles. The van der Waals surface area contributed by atoms with Gasteiger partial charge in [-0.05, 0) is 63.5 Å². The molecule has 10 heteroatoms. The molecule has 4 aromatic heterocycles. The SMILES string of the molecule is CCOC(=O)c1c[nH]c2c1-c1c(cnn1C)CCC2.CCOC(=O)c1c[nH]c2c1-c1nn(C)cc1CCC2. The Kier molecular flexibility index (Phi) is 7.22. The minimum absolute atomic E-state index is 0.269. The van der Waals surface area contributed by atoms with Gasteiger partial charge < -0.3 is 19.4 Å². The molecule has 0 bridgehead atoms. The van der Waals surface area contributed by atoms with Crippen LogP contribution in [0.25, 0.3) is 22.5 Å². The summed E-state index contributed by atoms with van der Waals surface area (Å²) < 4.78 is 13.9. The van der Waals surface area contributed by atoms with Crippen molar-refractivity contribution in [3.8, 4) is 22.5 Å². The lowest BCUT2D eigenvalue weighted by atomic mass is 10.0. The lowest BCUT2D eigenvalue weighted by Gasteiger charge is -2.07. The molecule has 0 radical (unpaired) electrons. The maximum absolute atomic E-state index is 12.1. The summed E-state index contributed by atoms with van der Waals surface area (Å²) in [5.41, 5.74) is 9.64. The Morgan fingerprint density at radius 1 is 0.868 bits per heavy atom. The van der Waals surface area contributed by atoms with Crippen molar-refractivity contribution in [1.82, 2.24) is 29.5 Å². The number of ether oxygens (including phenoxy) is 2. The number of aryl methyl sites for hydroxylation is 6. The van der Waals surface area contributed by atoms with Crippen LogP contribution in [0, 0.1) is 0 Å². The number of aromatic nitrogens is 6. The molecule has 0 unspecified atom stereocenters. The second-order valence-electron chi connectivity index (χ2n) is 9.58. The van der Waals surface area contributed by atoms with Crippen molar-refractivity contribution < 1.29 is 19.1 Å². The molecule has 10 nitrogen and oxygen atoms in total. The highest BCUT2D eigenvalue weighted by Gasteiger charge is 2.27.